The third-order valence-corrected chi connectivity index (χ3v) is 1.42. The molecule has 3 nitrogen and oxygen atoms in total. The Kier molecular flexibility index (Phi) is 4.15. The molecule has 0 fully saturated rings. The number of anilines is 1. The highest BCUT2D eigenvalue weighted by atomic mass is 35.5. The number of rotatable bonds is 2. The zero-order valence-corrected chi connectivity index (χ0v) is 7.39. The predicted octanol–water partition coefficient (Wildman–Crippen LogP) is 1.85. The van der Waals surface area contributed by atoms with Crippen LogP contribution in [-0.4, -0.2) is 18.1 Å². The molecule has 0 aliphatic heterocycles. The monoisotopic (exact) mass is 187 g/mol. The summed E-state index contributed by atoms with van der Waals surface area (Å²) in [5.74, 6) is -0.896. The molecule has 4 heteroatoms. The molecule has 0 amide bonds. The van der Waals surface area contributed by atoms with Gasteiger partial charge < -0.3 is 10.4 Å². The first-order chi connectivity index (χ1) is 5.24. The Morgan fingerprint density at radius 2 is 1.83 bits per heavy atom. The van der Waals surface area contributed by atoms with E-state index in [9.17, 15) is 4.79 Å². The maximum atomic E-state index is 10.4. The van der Waals surface area contributed by atoms with Crippen LogP contribution >= 0.6 is 12.4 Å². The van der Waals surface area contributed by atoms with Crippen molar-refractivity contribution in [3.05, 3.63) is 29.8 Å². The van der Waals surface area contributed by atoms with E-state index in [4.69, 9.17) is 5.11 Å². The molecule has 0 atom stereocenters. The second-order valence-corrected chi connectivity index (χ2v) is 2.13. The first kappa shape index (κ1) is 10.8. The average Bonchev–Trinajstić information content (AvgIpc) is 2.05. The summed E-state index contributed by atoms with van der Waals surface area (Å²) in [6, 6.07) is 6.58. The molecule has 0 aliphatic rings. The van der Waals surface area contributed by atoms with Crippen LogP contribution < -0.4 is 5.32 Å². The van der Waals surface area contributed by atoms with Gasteiger partial charge in [-0.1, -0.05) is 0 Å². The molecule has 0 aromatic heterocycles. The zero-order valence-electron chi connectivity index (χ0n) is 6.57. The van der Waals surface area contributed by atoms with Crippen LogP contribution in [0, 0.1) is 0 Å². The van der Waals surface area contributed by atoms with Gasteiger partial charge in [0.05, 0.1) is 5.56 Å². The molecule has 1 rings (SSSR count). The van der Waals surface area contributed by atoms with E-state index in [0.29, 0.717) is 5.56 Å². The van der Waals surface area contributed by atoms with E-state index in [2.05, 4.69) is 5.32 Å². The highest BCUT2D eigenvalue weighted by Crippen LogP contribution is 2.07. The molecule has 0 radical (unpaired) electrons. The van der Waals surface area contributed by atoms with Crippen molar-refractivity contribution in [1.82, 2.24) is 0 Å². The van der Waals surface area contributed by atoms with Gasteiger partial charge in [0.15, 0.2) is 0 Å². The first-order valence-electron chi connectivity index (χ1n) is 3.25. The molecule has 0 unspecified atom stereocenters. The minimum absolute atomic E-state index is 0. The minimum Gasteiger partial charge on any atom is -0.478 e. The topological polar surface area (TPSA) is 49.3 Å². The number of hydrogen-bond acceptors (Lipinski definition) is 2. The van der Waals surface area contributed by atoms with Gasteiger partial charge in [0, 0.05) is 12.7 Å². The standard InChI is InChI=1S/C8H9NO2.ClH/c1-9-7-4-2-6(3-5-7)8(10)11;/h2-5,9H,1H3,(H,10,11);1H. The number of carboxylic acids is 1. The number of aromatic carboxylic acids is 1. The highest BCUT2D eigenvalue weighted by molar-refractivity contribution is 5.87. The summed E-state index contributed by atoms with van der Waals surface area (Å²) < 4.78 is 0. The Labute approximate surface area is 76.8 Å². The third kappa shape index (κ3) is 2.43. The molecule has 12 heavy (non-hydrogen) atoms. The average molecular weight is 188 g/mol. The predicted molar refractivity (Wildman–Crippen MR) is 50.2 cm³/mol. The van der Waals surface area contributed by atoms with Crippen LogP contribution in [0.3, 0.4) is 0 Å². The van der Waals surface area contributed by atoms with E-state index in [0.717, 1.165) is 5.69 Å². The fourth-order valence-corrected chi connectivity index (χ4v) is 0.779. The Morgan fingerprint density at radius 3 is 2.17 bits per heavy atom. The highest BCUT2D eigenvalue weighted by Gasteiger charge is 1.99. The fraction of sp³-hybridized carbons (Fsp3) is 0.125. The van der Waals surface area contributed by atoms with Crippen LogP contribution in [0.1, 0.15) is 10.4 Å². The van der Waals surface area contributed by atoms with Gasteiger partial charge in [-0.25, -0.2) is 4.79 Å². The van der Waals surface area contributed by atoms with Crippen molar-refractivity contribution in [2.75, 3.05) is 12.4 Å². The third-order valence-electron chi connectivity index (χ3n) is 1.42. The van der Waals surface area contributed by atoms with Gasteiger partial charge >= 0.3 is 5.97 Å². The van der Waals surface area contributed by atoms with E-state index in [1.165, 1.54) is 0 Å². The molecule has 0 bridgehead atoms. The molecule has 0 saturated heterocycles. The maximum absolute atomic E-state index is 10.4. The number of nitrogens with one attached hydrogen (secondary N) is 1. The van der Waals surface area contributed by atoms with Crippen LogP contribution in [0.15, 0.2) is 24.3 Å². The van der Waals surface area contributed by atoms with Gasteiger partial charge in [-0.15, -0.1) is 12.4 Å². The lowest BCUT2D eigenvalue weighted by Gasteiger charge is -1.98. The van der Waals surface area contributed by atoms with E-state index in [1.54, 1.807) is 31.3 Å². The van der Waals surface area contributed by atoms with E-state index in [-0.39, 0.29) is 12.4 Å². The Bertz CT molecular complexity index is 258. The summed E-state index contributed by atoms with van der Waals surface area (Å²) in [4.78, 5) is 10.4. The first-order valence-corrected chi connectivity index (χ1v) is 3.25. The lowest BCUT2D eigenvalue weighted by Crippen LogP contribution is -1.96. The fourth-order valence-electron chi connectivity index (χ4n) is 0.779. The van der Waals surface area contributed by atoms with Gasteiger partial charge in [-0.2, -0.15) is 0 Å². The van der Waals surface area contributed by atoms with Gasteiger partial charge in [0.1, 0.15) is 0 Å². The van der Waals surface area contributed by atoms with Crippen LogP contribution in [0.2, 0.25) is 0 Å². The number of carbonyl (C=O) groups is 1. The summed E-state index contributed by atoms with van der Waals surface area (Å²) in [6.07, 6.45) is 0. The Hall–Kier alpha value is -1.22. The van der Waals surface area contributed by atoms with Crippen molar-refractivity contribution in [3.8, 4) is 0 Å². The molecule has 1 aromatic rings. The van der Waals surface area contributed by atoms with Crippen LogP contribution in [0.25, 0.3) is 0 Å². The van der Waals surface area contributed by atoms with Crippen molar-refractivity contribution in [3.63, 3.8) is 0 Å². The Balaban J connectivity index is 0.00000121. The van der Waals surface area contributed by atoms with E-state index >= 15 is 0 Å². The number of halogens is 1. The lowest BCUT2D eigenvalue weighted by atomic mass is 10.2. The summed E-state index contributed by atoms with van der Waals surface area (Å²) >= 11 is 0. The zero-order chi connectivity index (χ0) is 8.27. The van der Waals surface area contributed by atoms with Crippen LogP contribution in [0.4, 0.5) is 5.69 Å². The Morgan fingerprint density at radius 1 is 1.33 bits per heavy atom. The minimum atomic E-state index is -0.896. The number of carboxylic acid groups (broad SMARTS) is 1. The SMILES string of the molecule is CNc1ccc(C(=O)O)cc1.Cl. The normalized spacial score (nSPS) is 8.42. The van der Waals surface area contributed by atoms with Crippen LogP contribution in [0.5, 0.6) is 0 Å². The van der Waals surface area contributed by atoms with Crippen molar-refractivity contribution in [1.29, 1.82) is 0 Å². The van der Waals surface area contributed by atoms with Crippen LogP contribution in [-0.2, 0) is 0 Å². The molecule has 0 spiro atoms. The molecule has 0 heterocycles. The van der Waals surface area contributed by atoms with Gasteiger partial charge in [0.2, 0.25) is 0 Å². The summed E-state index contributed by atoms with van der Waals surface area (Å²) in [7, 11) is 1.79. The smallest absolute Gasteiger partial charge is 0.335 e. The summed E-state index contributed by atoms with van der Waals surface area (Å²) in [5, 5.41) is 11.4. The quantitative estimate of drug-likeness (QED) is 0.743. The molecule has 0 aliphatic carbocycles. The van der Waals surface area contributed by atoms with Crippen molar-refractivity contribution < 1.29 is 9.90 Å². The largest absolute Gasteiger partial charge is 0.478 e. The second kappa shape index (κ2) is 4.62. The molecule has 66 valence electrons. The van der Waals surface area contributed by atoms with Crippen molar-refractivity contribution in [2.24, 2.45) is 0 Å². The van der Waals surface area contributed by atoms with Gasteiger partial charge in [-0.3, -0.25) is 0 Å². The molecule has 1 aromatic carbocycles. The van der Waals surface area contributed by atoms with Gasteiger partial charge in [0.25, 0.3) is 0 Å². The molecular weight excluding hydrogens is 178 g/mol. The number of hydrogen-bond donors (Lipinski definition) is 2. The molecular formula is C8H10ClNO2. The lowest BCUT2D eigenvalue weighted by molar-refractivity contribution is 0.0697. The number of benzene rings is 1. The van der Waals surface area contributed by atoms with Crippen molar-refractivity contribution >= 4 is 24.1 Å². The summed E-state index contributed by atoms with van der Waals surface area (Å²) in [5.41, 5.74) is 1.22. The summed E-state index contributed by atoms with van der Waals surface area (Å²) in [6.45, 7) is 0. The van der Waals surface area contributed by atoms with E-state index < -0.39 is 5.97 Å². The molecule has 2 N–H and O–H groups in total. The van der Waals surface area contributed by atoms with Gasteiger partial charge in [-0.05, 0) is 24.3 Å². The maximum Gasteiger partial charge on any atom is 0.335 e. The second-order valence-electron chi connectivity index (χ2n) is 2.13. The van der Waals surface area contributed by atoms with E-state index in [1.807, 2.05) is 0 Å². The molecule has 0 saturated carbocycles. The van der Waals surface area contributed by atoms with Crippen molar-refractivity contribution in [2.45, 2.75) is 0 Å².